The van der Waals surface area contributed by atoms with Crippen LogP contribution in [0, 0.1) is 17.0 Å². The third kappa shape index (κ3) is 2.86. The van der Waals surface area contributed by atoms with Gasteiger partial charge in [-0.2, -0.15) is 5.10 Å². The third-order valence-electron chi connectivity index (χ3n) is 4.78. The van der Waals surface area contributed by atoms with Crippen molar-refractivity contribution in [2.75, 3.05) is 16.8 Å². The molecule has 1 aromatic carbocycles. The SMILES string of the molecule is Cc1cc(N2CCC(Nc3ccc([N+](=O)[O-])c4cnccc34)C2=O)n(C)n1. The van der Waals surface area contributed by atoms with Gasteiger partial charge >= 0.3 is 0 Å². The number of hydrogen-bond acceptors (Lipinski definition) is 6. The van der Waals surface area contributed by atoms with E-state index in [0.717, 1.165) is 11.5 Å². The van der Waals surface area contributed by atoms with Gasteiger partial charge in [0.2, 0.25) is 0 Å². The maximum absolute atomic E-state index is 12.9. The Bertz CT molecular complexity index is 1060. The lowest BCUT2D eigenvalue weighted by Crippen LogP contribution is -2.34. The molecule has 1 saturated heterocycles. The van der Waals surface area contributed by atoms with Gasteiger partial charge in [0, 0.05) is 49.2 Å². The van der Waals surface area contributed by atoms with Crippen LogP contribution in [0.4, 0.5) is 17.2 Å². The van der Waals surface area contributed by atoms with Gasteiger partial charge in [0.25, 0.3) is 11.6 Å². The van der Waals surface area contributed by atoms with E-state index in [4.69, 9.17) is 0 Å². The quantitative estimate of drug-likeness (QED) is 0.561. The van der Waals surface area contributed by atoms with E-state index < -0.39 is 11.0 Å². The first-order chi connectivity index (χ1) is 13.0. The average molecular weight is 366 g/mol. The number of pyridine rings is 1. The molecule has 1 aliphatic rings. The molecule has 9 heteroatoms. The fourth-order valence-corrected chi connectivity index (χ4v) is 3.54. The van der Waals surface area contributed by atoms with Crippen LogP contribution < -0.4 is 10.2 Å². The summed E-state index contributed by atoms with van der Waals surface area (Å²) in [5.41, 5.74) is 1.53. The summed E-state index contributed by atoms with van der Waals surface area (Å²) in [4.78, 5) is 29.4. The smallest absolute Gasteiger partial charge is 0.278 e. The lowest BCUT2D eigenvalue weighted by molar-refractivity contribution is -0.383. The zero-order valence-electron chi connectivity index (χ0n) is 14.9. The number of amides is 1. The van der Waals surface area contributed by atoms with Crippen LogP contribution in [-0.2, 0) is 11.8 Å². The number of carbonyl (C=O) groups excluding carboxylic acids is 1. The molecule has 9 nitrogen and oxygen atoms in total. The summed E-state index contributed by atoms with van der Waals surface area (Å²) in [6.45, 7) is 2.47. The van der Waals surface area contributed by atoms with Gasteiger partial charge < -0.3 is 5.32 Å². The van der Waals surface area contributed by atoms with E-state index in [9.17, 15) is 14.9 Å². The molecular formula is C18H18N6O3. The van der Waals surface area contributed by atoms with Crippen molar-refractivity contribution in [3.05, 3.63) is 52.5 Å². The number of fused-ring (bicyclic) bond motifs is 1. The highest BCUT2D eigenvalue weighted by atomic mass is 16.6. The summed E-state index contributed by atoms with van der Waals surface area (Å²) in [5, 5.41) is 19.9. The fourth-order valence-electron chi connectivity index (χ4n) is 3.54. The highest BCUT2D eigenvalue weighted by molar-refractivity contribution is 6.04. The fraction of sp³-hybridized carbons (Fsp3) is 0.278. The number of rotatable bonds is 4. The van der Waals surface area contributed by atoms with Gasteiger partial charge in [0.1, 0.15) is 11.9 Å². The molecule has 2 aromatic heterocycles. The minimum atomic E-state index is -0.430. The van der Waals surface area contributed by atoms with Crippen molar-refractivity contribution in [2.45, 2.75) is 19.4 Å². The Morgan fingerprint density at radius 2 is 2.11 bits per heavy atom. The van der Waals surface area contributed by atoms with E-state index in [0.29, 0.717) is 29.4 Å². The van der Waals surface area contributed by atoms with Crippen LogP contribution in [0.1, 0.15) is 12.1 Å². The molecule has 1 fully saturated rings. The number of aromatic nitrogens is 3. The topological polar surface area (TPSA) is 106 Å². The standard InChI is InChI=1S/C18H18N6O3/c1-11-9-17(22(2)21-11)23-8-6-15(18(23)25)20-14-3-4-16(24(26)27)13-10-19-7-5-12(13)14/h3-5,7,9-10,15,20H,6,8H2,1-2H3. The first-order valence-corrected chi connectivity index (χ1v) is 8.55. The lowest BCUT2D eigenvalue weighted by Gasteiger charge is -2.18. The number of nitrogens with zero attached hydrogens (tertiary/aromatic N) is 5. The van der Waals surface area contributed by atoms with Crippen LogP contribution in [0.25, 0.3) is 10.8 Å². The van der Waals surface area contributed by atoms with E-state index >= 15 is 0 Å². The lowest BCUT2D eigenvalue weighted by atomic mass is 10.1. The Morgan fingerprint density at radius 3 is 2.81 bits per heavy atom. The first-order valence-electron chi connectivity index (χ1n) is 8.55. The van der Waals surface area contributed by atoms with Crippen molar-refractivity contribution in [1.82, 2.24) is 14.8 Å². The summed E-state index contributed by atoms with van der Waals surface area (Å²) in [5.74, 6) is 0.720. The van der Waals surface area contributed by atoms with Crippen LogP contribution in [-0.4, -0.2) is 38.2 Å². The summed E-state index contributed by atoms with van der Waals surface area (Å²) >= 11 is 0. The summed E-state index contributed by atoms with van der Waals surface area (Å²) in [6.07, 6.45) is 3.69. The molecule has 138 valence electrons. The first kappa shape index (κ1) is 17.0. The highest BCUT2D eigenvalue weighted by Crippen LogP contribution is 2.32. The molecule has 1 amide bonds. The Hall–Kier alpha value is -3.49. The number of nitrogens with one attached hydrogen (secondary N) is 1. The molecule has 3 aromatic rings. The van der Waals surface area contributed by atoms with E-state index in [2.05, 4.69) is 15.4 Å². The van der Waals surface area contributed by atoms with Gasteiger partial charge in [-0.3, -0.25) is 29.5 Å². The summed E-state index contributed by atoms with van der Waals surface area (Å²) in [6, 6.07) is 6.27. The van der Waals surface area contributed by atoms with Gasteiger partial charge in [-0.25, -0.2) is 0 Å². The second-order valence-electron chi connectivity index (χ2n) is 6.55. The van der Waals surface area contributed by atoms with E-state index in [1.165, 1.54) is 12.3 Å². The number of non-ortho nitro benzene ring substituents is 1. The normalized spacial score (nSPS) is 16.9. The molecule has 0 bridgehead atoms. The van der Waals surface area contributed by atoms with Crippen LogP contribution >= 0.6 is 0 Å². The number of aryl methyl sites for hydroxylation is 2. The van der Waals surface area contributed by atoms with E-state index in [-0.39, 0.29) is 11.6 Å². The molecule has 27 heavy (non-hydrogen) atoms. The Kier molecular flexibility index (Phi) is 3.98. The van der Waals surface area contributed by atoms with Crippen molar-refractivity contribution in [3.63, 3.8) is 0 Å². The summed E-state index contributed by atoms with van der Waals surface area (Å²) in [7, 11) is 1.81. The van der Waals surface area contributed by atoms with Crippen molar-refractivity contribution in [2.24, 2.45) is 7.05 Å². The Morgan fingerprint density at radius 1 is 1.30 bits per heavy atom. The third-order valence-corrected chi connectivity index (χ3v) is 4.78. The van der Waals surface area contributed by atoms with Crippen LogP contribution in [0.2, 0.25) is 0 Å². The van der Waals surface area contributed by atoms with Crippen LogP contribution in [0.15, 0.2) is 36.7 Å². The Labute approximate surface area is 154 Å². The van der Waals surface area contributed by atoms with Gasteiger partial charge in [-0.15, -0.1) is 0 Å². The second-order valence-corrected chi connectivity index (χ2v) is 6.55. The zero-order chi connectivity index (χ0) is 19.1. The monoisotopic (exact) mass is 366 g/mol. The van der Waals surface area contributed by atoms with Crippen molar-refractivity contribution >= 4 is 33.9 Å². The van der Waals surface area contributed by atoms with Gasteiger partial charge in [0.05, 0.1) is 16.0 Å². The molecule has 0 saturated carbocycles. The average Bonchev–Trinajstić information content (AvgIpc) is 3.16. The molecule has 3 heterocycles. The molecular weight excluding hydrogens is 348 g/mol. The van der Waals surface area contributed by atoms with Crippen molar-refractivity contribution in [3.8, 4) is 0 Å². The number of benzene rings is 1. The predicted molar refractivity (Wildman–Crippen MR) is 101 cm³/mol. The Balaban J connectivity index is 1.64. The zero-order valence-corrected chi connectivity index (χ0v) is 14.9. The molecule has 0 radical (unpaired) electrons. The van der Waals surface area contributed by atoms with Gasteiger partial charge in [-0.1, -0.05) is 0 Å². The molecule has 0 spiro atoms. The van der Waals surface area contributed by atoms with Gasteiger partial charge in [0.15, 0.2) is 0 Å². The molecule has 1 N–H and O–H groups in total. The van der Waals surface area contributed by atoms with Crippen molar-refractivity contribution in [1.29, 1.82) is 0 Å². The van der Waals surface area contributed by atoms with Gasteiger partial charge in [-0.05, 0) is 25.5 Å². The van der Waals surface area contributed by atoms with Crippen LogP contribution in [0.5, 0.6) is 0 Å². The maximum atomic E-state index is 12.9. The van der Waals surface area contributed by atoms with Crippen LogP contribution in [0.3, 0.4) is 0 Å². The minimum Gasteiger partial charge on any atom is -0.373 e. The van der Waals surface area contributed by atoms with E-state index in [1.807, 2.05) is 20.0 Å². The molecule has 1 aliphatic heterocycles. The predicted octanol–water partition coefficient (Wildman–Crippen LogP) is 2.40. The number of anilines is 2. The number of carbonyl (C=O) groups is 1. The highest BCUT2D eigenvalue weighted by Gasteiger charge is 2.34. The summed E-state index contributed by atoms with van der Waals surface area (Å²) < 4.78 is 1.70. The molecule has 1 unspecified atom stereocenters. The maximum Gasteiger partial charge on any atom is 0.278 e. The number of nitro benzene ring substituents is 1. The molecule has 1 atom stereocenters. The van der Waals surface area contributed by atoms with Crippen molar-refractivity contribution < 1.29 is 9.72 Å². The second kappa shape index (κ2) is 6.35. The molecule has 0 aliphatic carbocycles. The number of nitro groups is 1. The molecule has 4 rings (SSSR count). The van der Waals surface area contributed by atoms with E-state index in [1.54, 1.807) is 27.9 Å². The minimum absolute atomic E-state index is 0.00613. The largest absolute Gasteiger partial charge is 0.373 e. The number of hydrogen-bond donors (Lipinski definition) is 1.